The molecule has 1 aliphatic rings. The molecule has 0 aliphatic carbocycles. The largest absolute Gasteiger partial charge is 0.457 e. The number of ether oxygens (including phenoxy) is 1. The Hall–Kier alpha value is -7.57. The smallest absolute Gasteiger partial charge is 0.146 e. The molecule has 1 aliphatic heterocycles. The van der Waals surface area contributed by atoms with Gasteiger partial charge in [-0.1, -0.05) is 115 Å². The predicted molar refractivity (Wildman–Crippen MR) is 224 cm³/mol. The molecule has 0 N–H and O–H groups in total. The van der Waals surface area contributed by atoms with Gasteiger partial charge in [-0.25, -0.2) is 9.97 Å². The van der Waals surface area contributed by atoms with E-state index in [0.717, 1.165) is 78.0 Å². The van der Waals surface area contributed by atoms with Crippen LogP contribution in [0.2, 0.25) is 0 Å². The van der Waals surface area contributed by atoms with Crippen LogP contribution in [0.25, 0.3) is 66.3 Å². The second-order valence-corrected chi connectivity index (χ2v) is 14.4. The molecule has 56 heavy (non-hydrogen) atoms. The summed E-state index contributed by atoms with van der Waals surface area (Å²) in [6, 6.07) is 59.7. The lowest BCUT2D eigenvalue weighted by molar-refractivity contribution is 0.484. The first kappa shape index (κ1) is 30.8. The van der Waals surface area contributed by atoms with E-state index in [2.05, 4.69) is 155 Å². The van der Waals surface area contributed by atoms with E-state index in [1.807, 2.05) is 42.7 Å². The number of hydrogen-bond donors (Lipinski definition) is 0. The molecule has 0 unspecified atom stereocenters. The molecule has 0 atom stereocenters. The molecule has 0 radical (unpaired) electrons. The first-order valence-electron chi connectivity index (χ1n) is 18.8. The van der Waals surface area contributed by atoms with Crippen molar-refractivity contribution >= 4 is 49.3 Å². The molecule has 6 heteroatoms. The minimum Gasteiger partial charge on any atom is -0.457 e. The van der Waals surface area contributed by atoms with E-state index in [9.17, 15) is 0 Å². The third kappa shape index (κ3) is 4.23. The highest BCUT2D eigenvalue weighted by Crippen LogP contribution is 2.54. The van der Waals surface area contributed by atoms with Gasteiger partial charge in [0.25, 0.3) is 0 Å². The van der Waals surface area contributed by atoms with Crippen LogP contribution in [0.5, 0.6) is 11.5 Å². The van der Waals surface area contributed by atoms with Gasteiger partial charge in [0.2, 0.25) is 0 Å². The van der Waals surface area contributed by atoms with Crippen molar-refractivity contribution in [1.82, 2.24) is 23.9 Å². The zero-order chi connectivity index (χ0) is 36.8. The molecular formula is C50H31N5O. The number of rotatable bonds is 5. The van der Waals surface area contributed by atoms with Gasteiger partial charge in [0.05, 0.1) is 33.2 Å². The van der Waals surface area contributed by atoms with Gasteiger partial charge in [0, 0.05) is 57.3 Å². The van der Waals surface area contributed by atoms with E-state index in [1.165, 1.54) is 22.1 Å². The number of para-hydroxylation sites is 1. The molecule has 262 valence electrons. The summed E-state index contributed by atoms with van der Waals surface area (Å²) in [5.41, 5.74) is 11.1. The van der Waals surface area contributed by atoms with Gasteiger partial charge >= 0.3 is 0 Å². The SMILES string of the molecule is c1ccc(-c2cn3c4cccnc4c4ccc(Oc5ccc6c7cccc8c7n(c6c5)-c5ncccc5C8(c5ccccc5)c5ccccc5)cc4c3n2)cc1. The molecule has 0 bridgehead atoms. The van der Waals surface area contributed by atoms with Crippen molar-refractivity contribution in [3.63, 3.8) is 0 Å². The second-order valence-electron chi connectivity index (χ2n) is 14.4. The maximum Gasteiger partial charge on any atom is 0.146 e. The van der Waals surface area contributed by atoms with Gasteiger partial charge in [-0.2, -0.15) is 0 Å². The summed E-state index contributed by atoms with van der Waals surface area (Å²) in [6.07, 6.45) is 5.85. The quantitative estimate of drug-likeness (QED) is 0.166. The van der Waals surface area contributed by atoms with Crippen molar-refractivity contribution in [3.8, 4) is 28.6 Å². The lowest BCUT2D eigenvalue weighted by atomic mass is 9.63. The Bertz CT molecular complexity index is 3290. The molecule has 0 saturated heterocycles. The molecule has 5 aromatic heterocycles. The number of hydrogen-bond acceptors (Lipinski definition) is 4. The summed E-state index contributed by atoms with van der Waals surface area (Å²) in [7, 11) is 0. The molecule has 6 aromatic carbocycles. The Morgan fingerprint density at radius 3 is 1.96 bits per heavy atom. The molecule has 11 aromatic rings. The predicted octanol–water partition coefficient (Wildman–Crippen LogP) is 11.7. The third-order valence-electron chi connectivity index (χ3n) is 11.5. The van der Waals surface area contributed by atoms with E-state index in [0.29, 0.717) is 0 Å². The van der Waals surface area contributed by atoms with E-state index in [-0.39, 0.29) is 0 Å². The van der Waals surface area contributed by atoms with Crippen LogP contribution in [0.4, 0.5) is 0 Å². The standard InChI is InChI=1S/C50H31N5O/c1-4-13-32(14-5-1)43-31-54-44-22-12-27-51-46(44)38-26-24-35(29-40(38)48(54)53-43)56-36-23-25-37-39-19-10-20-41-47(39)55(45(37)30-36)49-42(21-11-28-52-49)50(41,33-15-6-2-7-16-33)34-17-8-3-9-18-34/h1-31H. The molecule has 0 saturated carbocycles. The first-order chi connectivity index (χ1) is 27.8. The molecule has 0 fully saturated rings. The number of pyridine rings is 3. The van der Waals surface area contributed by atoms with Crippen molar-refractivity contribution < 1.29 is 4.74 Å². The van der Waals surface area contributed by atoms with Crippen molar-refractivity contribution in [1.29, 1.82) is 0 Å². The van der Waals surface area contributed by atoms with Gasteiger partial charge in [-0.3, -0.25) is 14.0 Å². The summed E-state index contributed by atoms with van der Waals surface area (Å²) < 4.78 is 11.2. The Kier molecular flexibility index (Phi) is 6.45. The van der Waals surface area contributed by atoms with Crippen molar-refractivity contribution in [2.75, 3.05) is 0 Å². The van der Waals surface area contributed by atoms with Crippen LogP contribution in [0, 0.1) is 0 Å². The molecule has 0 spiro atoms. The number of imidazole rings is 1. The van der Waals surface area contributed by atoms with Crippen molar-refractivity contribution in [2.45, 2.75) is 5.41 Å². The monoisotopic (exact) mass is 717 g/mol. The highest BCUT2D eigenvalue weighted by Gasteiger charge is 2.45. The van der Waals surface area contributed by atoms with Gasteiger partial charge in [-0.05, 0) is 65.2 Å². The zero-order valence-electron chi connectivity index (χ0n) is 30.0. The Balaban J connectivity index is 1.06. The number of benzene rings is 6. The minimum atomic E-state index is -0.571. The van der Waals surface area contributed by atoms with E-state index >= 15 is 0 Å². The van der Waals surface area contributed by atoms with E-state index < -0.39 is 5.41 Å². The van der Waals surface area contributed by atoms with Crippen LogP contribution < -0.4 is 4.74 Å². The average Bonchev–Trinajstić information content (AvgIpc) is 3.87. The lowest BCUT2D eigenvalue weighted by Crippen LogP contribution is -2.35. The third-order valence-corrected chi connectivity index (χ3v) is 11.5. The summed E-state index contributed by atoms with van der Waals surface area (Å²) in [4.78, 5) is 15.1. The topological polar surface area (TPSA) is 57.2 Å². The molecular weight excluding hydrogens is 687 g/mol. The molecule has 6 heterocycles. The lowest BCUT2D eigenvalue weighted by Gasteiger charge is -2.41. The summed E-state index contributed by atoms with van der Waals surface area (Å²) in [5.74, 6) is 2.37. The van der Waals surface area contributed by atoms with Crippen LogP contribution >= 0.6 is 0 Å². The van der Waals surface area contributed by atoms with Crippen LogP contribution in [0.1, 0.15) is 22.3 Å². The Morgan fingerprint density at radius 1 is 0.500 bits per heavy atom. The van der Waals surface area contributed by atoms with E-state index in [1.54, 1.807) is 0 Å². The minimum absolute atomic E-state index is 0.571. The van der Waals surface area contributed by atoms with Crippen molar-refractivity contribution in [2.24, 2.45) is 0 Å². The van der Waals surface area contributed by atoms with Gasteiger partial charge in [0.1, 0.15) is 23.0 Å². The fraction of sp³-hybridized carbons (Fsp3) is 0.0200. The molecule has 12 rings (SSSR count). The summed E-state index contributed by atoms with van der Waals surface area (Å²) in [6.45, 7) is 0. The second kappa shape index (κ2) is 11.7. The normalized spacial score (nSPS) is 13.1. The number of fused-ring (bicyclic) bond motifs is 11. The van der Waals surface area contributed by atoms with Crippen LogP contribution in [0.3, 0.4) is 0 Å². The Morgan fingerprint density at radius 2 is 1.18 bits per heavy atom. The highest BCUT2D eigenvalue weighted by atomic mass is 16.5. The average molecular weight is 718 g/mol. The summed E-state index contributed by atoms with van der Waals surface area (Å²) >= 11 is 0. The number of nitrogens with zero attached hydrogens (tertiary/aromatic N) is 5. The number of aromatic nitrogens is 5. The van der Waals surface area contributed by atoms with Crippen LogP contribution in [-0.4, -0.2) is 23.9 Å². The van der Waals surface area contributed by atoms with Crippen LogP contribution in [0.15, 0.2) is 188 Å². The van der Waals surface area contributed by atoms with E-state index in [4.69, 9.17) is 19.7 Å². The zero-order valence-corrected chi connectivity index (χ0v) is 30.0. The fourth-order valence-electron chi connectivity index (χ4n) is 9.23. The van der Waals surface area contributed by atoms with Crippen LogP contribution in [-0.2, 0) is 5.41 Å². The fourth-order valence-corrected chi connectivity index (χ4v) is 9.23. The Labute approximate surface area is 321 Å². The van der Waals surface area contributed by atoms with Gasteiger partial charge in [-0.15, -0.1) is 0 Å². The van der Waals surface area contributed by atoms with Gasteiger partial charge in [0.15, 0.2) is 0 Å². The highest BCUT2D eigenvalue weighted by molar-refractivity contribution is 6.13. The van der Waals surface area contributed by atoms with Crippen molar-refractivity contribution in [3.05, 3.63) is 211 Å². The summed E-state index contributed by atoms with van der Waals surface area (Å²) in [5, 5.41) is 4.32. The maximum atomic E-state index is 6.77. The molecule has 6 nitrogen and oxygen atoms in total. The molecule has 0 amide bonds. The van der Waals surface area contributed by atoms with Gasteiger partial charge < -0.3 is 4.74 Å². The first-order valence-corrected chi connectivity index (χ1v) is 18.8. The maximum absolute atomic E-state index is 6.77.